The molecule has 4 heteroatoms. The number of rotatable bonds is 8. The first-order chi connectivity index (χ1) is 16.5. The number of ether oxygens (including phenoxy) is 1. The summed E-state index contributed by atoms with van der Waals surface area (Å²) in [6.07, 6.45) is 6.45. The van der Waals surface area contributed by atoms with Crippen LogP contribution in [0.2, 0.25) is 0 Å². The second-order valence-corrected chi connectivity index (χ2v) is 9.42. The van der Waals surface area contributed by atoms with E-state index in [0.29, 0.717) is 24.5 Å². The monoisotopic (exact) mass is 466 g/mol. The van der Waals surface area contributed by atoms with E-state index in [1.807, 2.05) is 43.3 Å². The molecule has 0 aliphatic heterocycles. The highest BCUT2D eigenvalue weighted by Gasteiger charge is 2.24. The summed E-state index contributed by atoms with van der Waals surface area (Å²) in [4.78, 5) is 0. The highest BCUT2D eigenvalue weighted by molar-refractivity contribution is 5.65. The van der Waals surface area contributed by atoms with Crippen molar-refractivity contribution in [2.75, 3.05) is 6.61 Å². The van der Waals surface area contributed by atoms with Crippen LogP contribution in [-0.2, 0) is 12.8 Å². The van der Waals surface area contributed by atoms with Gasteiger partial charge >= 0.3 is 0 Å². The van der Waals surface area contributed by atoms with E-state index in [4.69, 9.17) is 4.74 Å². The Bertz CT molecular complexity index is 1100. The molecule has 0 heterocycles. The van der Waals surface area contributed by atoms with Gasteiger partial charge in [0.05, 0.1) is 6.61 Å². The molecule has 1 aliphatic rings. The van der Waals surface area contributed by atoms with Crippen molar-refractivity contribution in [3.63, 3.8) is 0 Å². The summed E-state index contributed by atoms with van der Waals surface area (Å²) in [5, 5.41) is 0. The highest BCUT2D eigenvalue weighted by atomic mass is 19.2. The second kappa shape index (κ2) is 11.1. The molecule has 0 spiro atoms. The van der Waals surface area contributed by atoms with Crippen molar-refractivity contribution in [1.29, 1.82) is 0 Å². The summed E-state index contributed by atoms with van der Waals surface area (Å²) in [5.74, 6) is -1.35. The lowest BCUT2D eigenvalue weighted by atomic mass is 9.79. The van der Waals surface area contributed by atoms with Gasteiger partial charge in [0.1, 0.15) is 5.82 Å². The Kier molecular flexibility index (Phi) is 7.97. The molecule has 180 valence electrons. The van der Waals surface area contributed by atoms with Gasteiger partial charge in [0, 0.05) is 5.56 Å². The standard InChI is InChI=1S/C30H33F3O/c1-3-5-20-6-12-24(13-7-20)26-16-17-28(30(33)29(26)32)34-19-21-8-10-23(11-9-21)25-15-14-22(4-2)27(31)18-25/h6-7,12-18,21,23H,3-5,8-11,19H2,1-2H3. The maximum absolute atomic E-state index is 14.8. The zero-order valence-corrected chi connectivity index (χ0v) is 20.0. The Morgan fingerprint density at radius 2 is 1.56 bits per heavy atom. The molecule has 0 N–H and O–H groups in total. The molecule has 0 bridgehead atoms. The normalized spacial score (nSPS) is 18.1. The second-order valence-electron chi connectivity index (χ2n) is 9.42. The first-order valence-corrected chi connectivity index (χ1v) is 12.5. The molecule has 1 aliphatic carbocycles. The molecule has 0 unspecified atom stereocenters. The van der Waals surface area contributed by atoms with Gasteiger partial charge in [-0.2, -0.15) is 4.39 Å². The fourth-order valence-corrected chi connectivity index (χ4v) is 4.98. The highest BCUT2D eigenvalue weighted by Crippen LogP contribution is 2.37. The van der Waals surface area contributed by atoms with Gasteiger partial charge in [-0.1, -0.05) is 56.7 Å². The van der Waals surface area contributed by atoms with Crippen molar-refractivity contribution in [1.82, 2.24) is 0 Å². The molecule has 0 saturated heterocycles. The maximum Gasteiger partial charge on any atom is 0.201 e. The summed E-state index contributed by atoms with van der Waals surface area (Å²) in [6, 6.07) is 16.3. The van der Waals surface area contributed by atoms with Gasteiger partial charge in [0.25, 0.3) is 0 Å². The van der Waals surface area contributed by atoms with Gasteiger partial charge in [-0.15, -0.1) is 0 Å². The molecule has 34 heavy (non-hydrogen) atoms. The Morgan fingerprint density at radius 3 is 2.21 bits per heavy atom. The summed E-state index contributed by atoms with van der Waals surface area (Å²) >= 11 is 0. The van der Waals surface area contributed by atoms with Crippen molar-refractivity contribution < 1.29 is 17.9 Å². The Hall–Kier alpha value is -2.75. The lowest BCUT2D eigenvalue weighted by Gasteiger charge is -2.29. The van der Waals surface area contributed by atoms with Crippen LogP contribution in [0.15, 0.2) is 54.6 Å². The molecular formula is C30H33F3O. The predicted octanol–water partition coefficient (Wildman–Crippen LogP) is 8.64. The zero-order valence-electron chi connectivity index (χ0n) is 20.0. The third-order valence-corrected chi connectivity index (χ3v) is 7.10. The third kappa shape index (κ3) is 5.48. The van der Waals surface area contributed by atoms with E-state index in [1.54, 1.807) is 12.1 Å². The van der Waals surface area contributed by atoms with Gasteiger partial charge in [-0.3, -0.25) is 0 Å². The molecule has 1 saturated carbocycles. The topological polar surface area (TPSA) is 9.23 Å². The van der Waals surface area contributed by atoms with E-state index in [2.05, 4.69) is 6.92 Å². The number of benzene rings is 3. The molecule has 0 radical (unpaired) electrons. The van der Waals surface area contributed by atoms with E-state index >= 15 is 0 Å². The van der Waals surface area contributed by atoms with Gasteiger partial charge < -0.3 is 4.74 Å². The molecule has 0 amide bonds. The summed E-state index contributed by atoms with van der Waals surface area (Å²) < 4.78 is 49.4. The lowest BCUT2D eigenvalue weighted by Crippen LogP contribution is -2.20. The van der Waals surface area contributed by atoms with Gasteiger partial charge in [0.2, 0.25) is 5.82 Å². The molecule has 1 nitrogen and oxygen atoms in total. The van der Waals surface area contributed by atoms with Crippen molar-refractivity contribution in [3.05, 3.63) is 88.7 Å². The van der Waals surface area contributed by atoms with Gasteiger partial charge in [-0.05, 0) is 90.8 Å². The molecule has 3 aromatic rings. The van der Waals surface area contributed by atoms with Crippen molar-refractivity contribution in [2.45, 2.75) is 64.7 Å². The van der Waals surface area contributed by atoms with Gasteiger partial charge in [-0.25, -0.2) is 8.78 Å². The average molecular weight is 467 g/mol. The minimum Gasteiger partial charge on any atom is -0.490 e. The van der Waals surface area contributed by atoms with Crippen LogP contribution in [-0.4, -0.2) is 6.61 Å². The van der Waals surface area contributed by atoms with E-state index in [9.17, 15) is 13.2 Å². The number of aryl methyl sites for hydroxylation is 2. The smallest absolute Gasteiger partial charge is 0.201 e. The fourth-order valence-electron chi connectivity index (χ4n) is 4.98. The van der Waals surface area contributed by atoms with E-state index < -0.39 is 11.6 Å². The minimum absolute atomic E-state index is 0.0387. The molecule has 0 aromatic heterocycles. The van der Waals surface area contributed by atoms with Crippen LogP contribution in [0.4, 0.5) is 13.2 Å². The minimum atomic E-state index is -0.935. The van der Waals surface area contributed by atoms with Crippen molar-refractivity contribution in [2.24, 2.45) is 5.92 Å². The molecule has 1 fully saturated rings. The Balaban J connectivity index is 1.34. The predicted molar refractivity (Wildman–Crippen MR) is 132 cm³/mol. The van der Waals surface area contributed by atoms with E-state index in [1.165, 1.54) is 11.6 Å². The van der Waals surface area contributed by atoms with Crippen LogP contribution < -0.4 is 4.74 Å². The SMILES string of the molecule is CCCc1ccc(-c2ccc(OCC3CCC(c4ccc(CC)c(F)c4)CC3)c(F)c2F)cc1. The zero-order chi connectivity index (χ0) is 24.1. The molecule has 3 aromatic carbocycles. The van der Waals surface area contributed by atoms with E-state index in [-0.39, 0.29) is 23.0 Å². The van der Waals surface area contributed by atoms with Gasteiger partial charge in [0.15, 0.2) is 11.6 Å². The summed E-state index contributed by atoms with van der Waals surface area (Å²) in [5.41, 5.74) is 3.89. The quantitative estimate of drug-likeness (QED) is 0.323. The van der Waals surface area contributed by atoms with Crippen LogP contribution >= 0.6 is 0 Å². The summed E-state index contributed by atoms with van der Waals surface area (Å²) in [7, 11) is 0. The van der Waals surface area contributed by atoms with Crippen molar-refractivity contribution in [3.8, 4) is 16.9 Å². The van der Waals surface area contributed by atoms with Crippen LogP contribution in [0, 0.1) is 23.4 Å². The molecular weight excluding hydrogens is 433 g/mol. The summed E-state index contributed by atoms with van der Waals surface area (Å²) in [6.45, 7) is 4.42. The van der Waals surface area contributed by atoms with Crippen LogP contribution in [0.25, 0.3) is 11.1 Å². The van der Waals surface area contributed by atoms with Crippen LogP contribution in [0.1, 0.15) is 68.6 Å². The van der Waals surface area contributed by atoms with E-state index in [0.717, 1.165) is 49.7 Å². The van der Waals surface area contributed by atoms with Crippen molar-refractivity contribution >= 4 is 0 Å². The van der Waals surface area contributed by atoms with Crippen LogP contribution in [0.5, 0.6) is 5.75 Å². The first-order valence-electron chi connectivity index (χ1n) is 12.5. The number of hydrogen-bond donors (Lipinski definition) is 0. The Labute approximate surface area is 201 Å². The fraction of sp³-hybridized carbons (Fsp3) is 0.400. The van der Waals surface area contributed by atoms with Crippen LogP contribution in [0.3, 0.4) is 0 Å². The largest absolute Gasteiger partial charge is 0.490 e. The number of halogens is 3. The average Bonchev–Trinajstić information content (AvgIpc) is 2.86. The molecule has 0 atom stereocenters. The lowest BCUT2D eigenvalue weighted by molar-refractivity contribution is 0.192. The molecule has 4 rings (SSSR count). The maximum atomic E-state index is 14.8. The third-order valence-electron chi connectivity index (χ3n) is 7.10. The Morgan fingerprint density at radius 1 is 0.824 bits per heavy atom. The number of hydrogen-bond acceptors (Lipinski definition) is 1. The first kappa shape index (κ1) is 24.4.